The number of aryl methyl sites for hydroxylation is 1. The van der Waals surface area contributed by atoms with E-state index in [9.17, 15) is 14.9 Å². The van der Waals surface area contributed by atoms with Crippen molar-refractivity contribution in [2.75, 3.05) is 20.3 Å². The van der Waals surface area contributed by atoms with Gasteiger partial charge in [0, 0.05) is 25.2 Å². The molecule has 0 fully saturated rings. The average molecular weight is 243 g/mol. The zero-order valence-electron chi connectivity index (χ0n) is 9.33. The minimum Gasteiger partial charge on any atom is -0.390 e. The van der Waals surface area contributed by atoms with E-state index >= 15 is 0 Å². The van der Waals surface area contributed by atoms with Gasteiger partial charge in [-0.05, 0) is 4.92 Å². The molecule has 0 unspecified atom stereocenters. The van der Waals surface area contributed by atoms with Gasteiger partial charge in [0.2, 0.25) is 12.2 Å². The SMILES string of the molecule is COCCNC(=O)CCn1cnc([N+](=O)[O-])n1. The topological polar surface area (TPSA) is 112 Å². The summed E-state index contributed by atoms with van der Waals surface area (Å²) >= 11 is 0. The molecule has 94 valence electrons. The molecule has 1 rings (SSSR count). The lowest BCUT2D eigenvalue weighted by molar-refractivity contribution is -0.394. The Morgan fingerprint density at radius 3 is 3.06 bits per heavy atom. The van der Waals surface area contributed by atoms with Crippen molar-refractivity contribution in [3.8, 4) is 0 Å². The summed E-state index contributed by atoms with van der Waals surface area (Å²) in [4.78, 5) is 24.4. The van der Waals surface area contributed by atoms with E-state index in [4.69, 9.17) is 4.74 Å². The van der Waals surface area contributed by atoms with Crippen molar-refractivity contribution in [1.29, 1.82) is 0 Å². The minimum absolute atomic E-state index is 0.166. The van der Waals surface area contributed by atoms with Crippen LogP contribution in [0.1, 0.15) is 6.42 Å². The fourth-order valence-electron chi connectivity index (χ4n) is 1.07. The standard InChI is InChI=1S/C8H13N5O4/c1-17-5-3-9-7(14)2-4-12-6-10-8(11-12)13(15)16/h6H,2-5H2,1H3,(H,9,14). The van der Waals surface area contributed by atoms with E-state index in [2.05, 4.69) is 15.4 Å². The molecule has 1 aromatic rings. The molecule has 0 saturated heterocycles. The predicted octanol–water partition coefficient (Wildman–Crippen LogP) is -0.661. The van der Waals surface area contributed by atoms with Gasteiger partial charge in [-0.1, -0.05) is 4.98 Å². The summed E-state index contributed by atoms with van der Waals surface area (Å²) in [7, 11) is 1.54. The number of nitro groups is 1. The maximum absolute atomic E-state index is 11.3. The van der Waals surface area contributed by atoms with E-state index in [1.807, 2.05) is 0 Å². The summed E-state index contributed by atoms with van der Waals surface area (Å²) in [6.45, 7) is 1.13. The molecule has 0 atom stereocenters. The summed E-state index contributed by atoms with van der Waals surface area (Å²) in [5.41, 5.74) is 0. The molecule has 0 bridgehead atoms. The van der Waals surface area contributed by atoms with E-state index < -0.39 is 10.9 Å². The molecule has 17 heavy (non-hydrogen) atoms. The van der Waals surface area contributed by atoms with Crippen molar-refractivity contribution < 1.29 is 14.5 Å². The Kier molecular flexibility index (Phi) is 5.01. The van der Waals surface area contributed by atoms with Gasteiger partial charge in [-0.2, -0.15) is 4.68 Å². The molecule has 9 heteroatoms. The molecule has 0 aliphatic heterocycles. The normalized spacial score (nSPS) is 10.2. The highest BCUT2D eigenvalue weighted by Gasteiger charge is 2.13. The quantitative estimate of drug-likeness (QED) is 0.386. The summed E-state index contributed by atoms with van der Waals surface area (Å²) in [6.07, 6.45) is 1.41. The molecule has 0 aliphatic rings. The van der Waals surface area contributed by atoms with Gasteiger partial charge in [0.05, 0.1) is 13.2 Å². The summed E-state index contributed by atoms with van der Waals surface area (Å²) in [5.74, 6) is -0.634. The van der Waals surface area contributed by atoms with Crippen LogP contribution in [-0.2, 0) is 16.1 Å². The fraction of sp³-hybridized carbons (Fsp3) is 0.625. The number of amides is 1. The molecule has 1 heterocycles. The van der Waals surface area contributed by atoms with Gasteiger partial charge >= 0.3 is 5.95 Å². The van der Waals surface area contributed by atoms with Crippen LogP contribution in [0.5, 0.6) is 0 Å². The smallest absolute Gasteiger partial charge is 0.390 e. The number of hydrogen-bond donors (Lipinski definition) is 1. The monoisotopic (exact) mass is 243 g/mol. The van der Waals surface area contributed by atoms with Crippen molar-refractivity contribution in [1.82, 2.24) is 20.1 Å². The minimum atomic E-state index is -0.685. The van der Waals surface area contributed by atoms with Gasteiger partial charge in [0.1, 0.15) is 0 Å². The van der Waals surface area contributed by atoms with Crippen LogP contribution in [0.25, 0.3) is 0 Å². The van der Waals surface area contributed by atoms with Gasteiger partial charge in [0.15, 0.2) is 0 Å². The fourth-order valence-corrected chi connectivity index (χ4v) is 1.07. The van der Waals surface area contributed by atoms with E-state index in [1.54, 1.807) is 7.11 Å². The van der Waals surface area contributed by atoms with Crippen molar-refractivity contribution in [2.45, 2.75) is 13.0 Å². The van der Waals surface area contributed by atoms with E-state index in [-0.39, 0.29) is 18.9 Å². The number of carbonyl (C=O) groups excluding carboxylic acids is 1. The largest absolute Gasteiger partial charge is 0.490 e. The van der Waals surface area contributed by atoms with Gasteiger partial charge in [-0.3, -0.25) is 4.79 Å². The van der Waals surface area contributed by atoms with Crippen molar-refractivity contribution in [3.05, 3.63) is 16.4 Å². The van der Waals surface area contributed by atoms with Gasteiger partial charge in [-0.25, -0.2) is 0 Å². The van der Waals surface area contributed by atoms with Gasteiger partial charge in [0.25, 0.3) is 0 Å². The first-order valence-corrected chi connectivity index (χ1v) is 4.93. The Hall–Kier alpha value is -2.03. The average Bonchev–Trinajstić information content (AvgIpc) is 2.75. The zero-order chi connectivity index (χ0) is 12.7. The van der Waals surface area contributed by atoms with Crippen LogP contribution in [0, 0.1) is 10.1 Å². The number of methoxy groups -OCH3 is 1. The van der Waals surface area contributed by atoms with Gasteiger partial charge in [-0.15, -0.1) is 0 Å². The first kappa shape index (κ1) is 13.0. The molecule has 0 spiro atoms. The molecule has 0 radical (unpaired) electrons. The third-order valence-corrected chi connectivity index (χ3v) is 1.88. The predicted molar refractivity (Wildman–Crippen MR) is 56.2 cm³/mol. The Labute approximate surface area is 96.9 Å². The lowest BCUT2D eigenvalue weighted by atomic mass is 10.4. The molecule has 1 amide bonds. The number of nitrogens with one attached hydrogen (secondary N) is 1. The highest BCUT2D eigenvalue weighted by molar-refractivity contribution is 5.75. The maximum Gasteiger partial charge on any atom is 0.490 e. The zero-order valence-corrected chi connectivity index (χ0v) is 9.33. The van der Waals surface area contributed by atoms with Gasteiger partial charge < -0.3 is 20.2 Å². The first-order valence-electron chi connectivity index (χ1n) is 4.93. The first-order chi connectivity index (χ1) is 8.13. The molecule has 0 aliphatic carbocycles. The van der Waals surface area contributed by atoms with Crippen molar-refractivity contribution in [2.24, 2.45) is 0 Å². The second kappa shape index (κ2) is 6.53. The number of aromatic nitrogens is 3. The Bertz CT molecular complexity index is 391. The van der Waals surface area contributed by atoms with Crippen LogP contribution in [0.3, 0.4) is 0 Å². The lowest BCUT2D eigenvalue weighted by Gasteiger charge is -2.02. The summed E-state index contributed by atoms with van der Waals surface area (Å²) in [5, 5.41) is 16.5. The molecule has 1 N–H and O–H groups in total. The lowest BCUT2D eigenvalue weighted by Crippen LogP contribution is -2.27. The second-order valence-corrected chi connectivity index (χ2v) is 3.16. The molecular weight excluding hydrogens is 230 g/mol. The third kappa shape index (κ3) is 4.55. The van der Waals surface area contributed by atoms with Crippen LogP contribution >= 0.6 is 0 Å². The van der Waals surface area contributed by atoms with E-state index in [1.165, 1.54) is 11.0 Å². The van der Waals surface area contributed by atoms with Crippen molar-refractivity contribution in [3.63, 3.8) is 0 Å². The second-order valence-electron chi connectivity index (χ2n) is 3.16. The Morgan fingerprint density at radius 2 is 2.47 bits per heavy atom. The number of ether oxygens (including phenoxy) is 1. The van der Waals surface area contributed by atoms with E-state index in [0.717, 1.165) is 0 Å². The summed E-state index contributed by atoms with van der Waals surface area (Å²) in [6, 6.07) is 0. The highest BCUT2D eigenvalue weighted by Crippen LogP contribution is 2.00. The molecule has 9 nitrogen and oxygen atoms in total. The Balaban J connectivity index is 2.29. The van der Waals surface area contributed by atoms with Crippen LogP contribution in [0.15, 0.2) is 6.33 Å². The molecule has 0 aromatic carbocycles. The number of carbonyl (C=O) groups is 1. The third-order valence-electron chi connectivity index (χ3n) is 1.88. The molecule has 0 saturated carbocycles. The van der Waals surface area contributed by atoms with Crippen LogP contribution in [0.2, 0.25) is 0 Å². The maximum atomic E-state index is 11.3. The van der Waals surface area contributed by atoms with Crippen LogP contribution < -0.4 is 5.32 Å². The highest BCUT2D eigenvalue weighted by atomic mass is 16.6. The summed E-state index contributed by atoms with van der Waals surface area (Å²) < 4.78 is 6.03. The molecule has 1 aromatic heterocycles. The van der Waals surface area contributed by atoms with Crippen molar-refractivity contribution >= 4 is 11.9 Å². The Morgan fingerprint density at radius 1 is 1.71 bits per heavy atom. The van der Waals surface area contributed by atoms with Crippen LogP contribution in [0.4, 0.5) is 5.95 Å². The van der Waals surface area contributed by atoms with Crippen LogP contribution in [-0.4, -0.2) is 45.9 Å². The number of nitrogens with zero attached hydrogens (tertiary/aromatic N) is 4. The molecular formula is C8H13N5O4. The van der Waals surface area contributed by atoms with E-state index in [0.29, 0.717) is 13.2 Å². The number of hydrogen-bond acceptors (Lipinski definition) is 6. The number of rotatable bonds is 7.